The average Bonchev–Trinajstić information content (AvgIpc) is 2.78. The van der Waals surface area contributed by atoms with Crippen molar-refractivity contribution in [1.82, 2.24) is 10.2 Å². The first-order chi connectivity index (χ1) is 16.4. The maximum Gasteiger partial charge on any atom is 0.244 e. The van der Waals surface area contributed by atoms with Crippen LogP contribution in [0.2, 0.25) is 10.0 Å². The smallest absolute Gasteiger partial charge is 0.244 e. The van der Waals surface area contributed by atoms with Crippen molar-refractivity contribution in [2.75, 3.05) is 30.8 Å². The van der Waals surface area contributed by atoms with Crippen molar-refractivity contribution in [1.29, 1.82) is 0 Å². The molecule has 11 heteroatoms. The molecule has 0 saturated heterocycles. The number of benzene rings is 2. The van der Waals surface area contributed by atoms with E-state index in [1.54, 1.807) is 57.2 Å². The monoisotopic (exact) mass is 543 g/mol. The molecule has 0 saturated carbocycles. The molecule has 0 spiro atoms. The Morgan fingerprint density at radius 2 is 1.74 bits per heavy atom. The molecular formula is C24H31Cl2N3O5S. The van der Waals surface area contributed by atoms with E-state index < -0.39 is 28.5 Å². The number of hydrogen-bond acceptors (Lipinski definition) is 5. The highest BCUT2D eigenvalue weighted by Gasteiger charge is 2.33. The standard InChI is InChI=1S/C24H31Cl2N3O5S/c1-6-20(24(31)27-7-2)28(14-17-18(25)9-8-10-19(17)26)23(30)15-29(35(5,32)33)21-13-16(3)11-12-22(21)34-4/h8-13,20H,6-7,14-15H2,1-5H3,(H,27,31). The van der Waals surface area contributed by atoms with Crippen LogP contribution < -0.4 is 14.4 Å². The minimum atomic E-state index is -3.89. The van der Waals surface area contributed by atoms with Crippen LogP contribution >= 0.6 is 23.2 Å². The van der Waals surface area contributed by atoms with E-state index in [2.05, 4.69) is 5.32 Å². The predicted octanol–water partition coefficient (Wildman–Crippen LogP) is 4.02. The Morgan fingerprint density at radius 1 is 1.11 bits per heavy atom. The van der Waals surface area contributed by atoms with Crippen LogP contribution in [0.15, 0.2) is 36.4 Å². The quantitative estimate of drug-likeness (QED) is 0.461. The van der Waals surface area contributed by atoms with Crippen LogP contribution in [0.3, 0.4) is 0 Å². The van der Waals surface area contributed by atoms with Crippen molar-refractivity contribution in [2.24, 2.45) is 0 Å². The minimum Gasteiger partial charge on any atom is -0.495 e. The van der Waals surface area contributed by atoms with Gasteiger partial charge >= 0.3 is 0 Å². The molecule has 1 unspecified atom stereocenters. The summed E-state index contributed by atoms with van der Waals surface area (Å²) in [4.78, 5) is 27.9. The zero-order valence-corrected chi connectivity index (χ0v) is 22.8. The molecule has 0 aliphatic carbocycles. The van der Waals surface area contributed by atoms with Gasteiger partial charge in [-0.05, 0) is 50.1 Å². The molecule has 2 aromatic rings. The van der Waals surface area contributed by atoms with Gasteiger partial charge < -0.3 is 15.0 Å². The van der Waals surface area contributed by atoms with E-state index in [0.717, 1.165) is 16.1 Å². The third-order valence-electron chi connectivity index (χ3n) is 5.41. The van der Waals surface area contributed by atoms with Crippen molar-refractivity contribution >= 4 is 50.7 Å². The number of amides is 2. The molecule has 1 N–H and O–H groups in total. The molecule has 2 amide bonds. The van der Waals surface area contributed by atoms with Gasteiger partial charge in [0.05, 0.1) is 19.1 Å². The van der Waals surface area contributed by atoms with Gasteiger partial charge in [0.15, 0.2) is 0 Å². The Hall–Kier alpha value is -2.49. The van der Waals surface area contributed by atoms with E-state index in [9.17, 15) is 18.0 Å². The van der Waals surface area contributed by atoms with Crippen molar-refractivity contribution in [2.45, 2.75) is 39.8 Å². The summed E-state index contributed by atoms with van der Waals surface area (Å²) in [6.45, 7) is 5.11. The number of hydrogen-bond donors (Lipinski definition) is 1. The van der Waals surface area contributed by atoms with Crippen molar-refractivity contribution in [3.8, 4) is 5.75 Å². The molecule has 8 nitrogen and oxygen atoms in total. The number of carbonyl (C=O) groups excluding carboxylic acids is 2. The normalized spacial score (nSPS) is 12.1. The van der Waals surface area contributed by atoms with Crippen molar-refractivity contribution in [3.63, 3.8) is 0 Å². The van der Waals surface area contributed by atoms with Crippen LogP contribution in [-0.2, 0) is 26.2 Å². The number of methoxy groups -OCH3 is 1. The molecule has 0 radical (unpaired) electrons. The highest BCUT2D eigenvalue weighted by Crippen LogP contribution is 2.32. The summed E-state index contributed by atoms with van der Waals surface area (Å²) in [5, 5.41) is 3.41. The Morgan fingerprint density at radius 3 is 2.26 bits per heavy atom. The van der Waals surface area contributed by atoms with Gasteiger partial charge in [0.25, 0.3) is 0 Å². The van der Waals surface area contributed by atoms with Crippen LogP contribution in [0.5, 0.6) is 5.75 Å². The van der Waals surface area contributed by atoms with Crippen LogP contribution in [0.4, 0.5) is 5.69 Å². The third kappa shape index (κ3) is 7.25. The summed E-state index contributed by atoms with van der Waals surface area (Å²) < 4.78 is 31.9. The first-order valence-electron chi connectivity index (χ1n) is 11.1. The molecule has 35 heavy (non-hydrogen) atoms. The van der Waals surface area contributed by atoms with Gasteiger partial charge in [-0.1, -0.05) is 42.3 Å². The van der Waals surface area contributed by atoms with E-state index in [-0.39, 0.29) is 18.1 Å². The molecule has 0 aliphatic rings. The Bertz CT molecular complexity index is 1150. The fraction of sp³-hybridized carbons (Fsp3) is 0.417. The molecule has 0 aliphatic heterocycles. The Balaban J connectivity index is 2.56. The number of nitrogens with zero attached hydrogens (tertiary/aromatic N) is 2. The lowest BCUT2D eigenvalue weighted by molar-refractivity contribution is -0.140. The number of anilines is 1. The first-order valence-corrected chi connectivity index (χ1v) is 13.7. The van der Waals surface area contributed by atoms with Crippen LogP contribution in [0.25, 0.3) is 0 Å². The van der Waals surface area contributed by atoms with Gasteiger partial charge in [-0.2, -0.15) is 0 Å². The largest absolute Gasteiger partial charge is 0.495 e. The number of aryl methyl sites for hydroxylation is 1. The second-order valence-electron chi connectivity index (χ2n) is 7.99. The number of carbonyl (C=O) groups is 2. The highest BCUT2D eigenvalue weighted by molar-refractivity contribution is 7.92. The maximum atomic E-state index is 13.7. The second-order valence-corrected chi connectivity index (χ2v) is 10.7. The number of halogens is 2. The van der Waals surface area contributed by atoms with Gasteiger partial charge in [-0.3, -0.25) is 13.9 Å². The number of ether oxygens (including phenoxy) is 1. The zero-order valence-electron chi connectivity index (χ0n) is 20.5. The predicted molar refractivity (Wildman–Crippen MR) is 140 cm³/mol. The fourth-order valence-electron chi connectivity index (χ4n) is 3.65. The van der Waals surface area contributed by atoms with Gasteiger partial charge in [-0.25, -0.2) is 8.42 Å². The van der Waals surface area contributed by atoms with Gasteiger partial charge in [-0.15, -0.1) is 0 Å². The van der Waals surface area contributed by atoms with E-state index in [1.807, 2.05) is 0 Å². The van der Waals surface area contributed by atoms with Gasteiger partial charge in [0.1, 0.15) is 18.3 Å². The van der Waals surface area contributed by atoms with Gasteiger partial charge in [0.2, 0.25) is 21.8 Å². The van der Waals surface area contributed by atoms with Crippen LogP contribution in [-0.4, -0.2) is 57.6 Å². The SMILES string of the molecule is CCNC(=O)C(CC)N(Cc1c(Cl)cccc1Cl)C(=O)CN(c1cc(C)ccc1OC)S(C)(=O)=O. The summed E-state index contributed by atoms with van der Waals surface area (Å²) in [6.07, 6.45) is 1.31. The molecule has 0 aromatic heterocycles. The molecule has 0 bridgehead atoms. The van der Waals surface area contributed by atoms with Crippen LogP contribution in [0, 0.1) is 6.92 Å². The molecule has 2 rings (SSSR count). The van der Waals surface area contributed by atoms with Crippen molar-refractivity contribution in [3.05, 3.63) is 57.6 Å². The topological polar surface area (TPSA) is 96.0 Å². The summed E-state index contributed by atoms with van der Waals surface area (Å²) in [7, 11) is -2.47. The molecule has 1 atom stereocenters. The Kier molecular flexibility index (Phi) is 10.2. The minimum absolute atomic E-state index is 0.0739. The van der Waals surface area contributed by atoms with Crippen molar-refractivity contribution < 1.29 is 22.7 Å². The first kappa shape index (κ1) is 28.7. The second kappa shape index (κ2) is 12.5. The molecule has 0 heterocycles. The van der Waals surface area contributed by atoms with E-state index >= 15 is 0 Å². The fourth-order valence-corrected chi connectivity index (χ4v) is 5.02. The van der Waals surface area contributed by atoms with Crippen LogP contribution in [0.1, 0.15) is 31.4 Å². The zero-order chi connectivity index (χ0) is 26.3. The molecule has 2 aromatic carbocycles. The number of rotatable bonds is 11. The number of likely N-dealkylation sites (N-methyl/N-ethyl adjacent to an activating group) is 1. The summed E-state index contributed by atoms with van der Waals surface area (Å²) >= 11 is 12.7. The van der Waals surface area contributed by atoms with E-state index in [0.29, 0.717) is 34.3 Å². The summed E-state index contributed by atoms with van der Waals surface area (Å²) in [6, 6.07) is 9.13. The third-order valence-corrected chi connectivity index (χ3v) is 7.24. The molecule has 192 valence electrons. The summed E-state index contributed by atoms with van der Waals surface area (Å²) in [5.74, 6) is -0.649. The maximum absolute atomic E-state index is 13.7. The van der Waals surface area contributed by atoms with E-state index in [1.165, 1.54) is 12.0 Å². The molecule has 0 fully saturated rings. The highest BCUT2D eigenvalue weighted by atomic mass is 35.5. The lowest BCUT2D eigenvalue weighted by Gasteiger charge is -2.33. The lowest BCUT2D eigenvalue weighted by Crippen LogP contribution is -2.52. The lowest BCUT2D eigenvalue weighted by atomic mass is 10.1. The average molecular weight is 545 g/mol. The number of nitrogens with one attached hydrogen (secondary N) is 1. The molecular weight excluding hydrogens is 513 g/mol. The van der Waals surface area contributed by atoms with Gasteiger partial charge in [0, 0.05) is 28.7 Å². The van der Waals surface area contributed by atoms with E-state index in [4.69, 9.17) is 27.9 Å². The summed E-state index contributed by atoms with van der Waals surface area (Å²) in [5.41, 5.74) is 1.48. The number of sulfonamides is 1. The Labute approximate surface area is 217 Å².